The number of alkyl halides is 3. The molecular formula is C19H20ClF3N4O2. The number of carbonyl (C=O) groups is 1. The first-order valence-electron chi connectivity index (χ1n) is 8.98. The average molecular weight is 429 g/mol. The third-order valence-corrected chi connectivity index (χ3v) is 5.29. The van der Waals surface area contributed by atoms with Gasteiger partial charge in [-0.1, -0.05) is 12.1 Å². The molecule has 0 saturated carbocycles. The number of halogens is 4. The van der Waals surface area contributed by atoms with Crippen molar-refractivity contribution in [2.75, 3.05) is 13.6 Å². The van der Waals surface area contributed by atoms with Crippen LogP contribution >= 0.6 is 12.4 Å². The molecule has 0 unspecified atom stereocenters. The molecule has 2 fully saturated rings. The quantitative estimate of drug-likeness (QED) is 0.810. The van der Waals surface area contributed by atoms with Crippen LogP contribution in [-0.4, -0.2) is 46.3 Å². The highest BCUT2D eigenvalue weighted by Gasteiger charge is 2.50. The minimum atomic E-state index is -4.75. The van der Waals surface area contributed by atoms with Crippen LogP contribution in [-0.2, 0) is 4.79 Å². The number of likely N-dealkylation sites (N-methyl/N-ethyl adjacent to an activating group) is 1. The fourth-order valence-electron chi connectivity index (χ4n) is 3.92. The summed E-state index contributed by atoms with van der Waals surface area (Å²) in [5.74, 6) is 0.310. The van der Waals surface area contributed by atoms with Gasteiger partial charge in [0.2, 0.25) is 5.91 Å². The van der Waals surface area contributed by atoms with E-state index in [9.17, 15) is 18.0 Å². The molecule has 1 spiro atoms. The first kappa shape index (κ1) is 21.3. The van der Waals surface area contributed by atoms with E-state index in [1.54, 1.807) is 30.3 Å². The maximum Gasteiger partial charge on any atom is 0.573 e. The summed E-state index contributed by atoms with van der Waals surface area (Å²) in [4.78, 5) is 23.0. The standard InChI is InChI=1S/C19H19F3N4O2.ClH/c1-26-10-8-18(17(26)27)7-5-15(25-18)16-23-9-6-14(24-16)12-3-2-4-13(11-12)28-19(20,21)22;/h2-4,6,9,11,15,25H,5,7-8,10H2,1H3;1H/t15-,18-;/m0./s1. The zero-order valence-corrected chi connectivity index (χ0v) is 16.4. The van der Waals surface area contributed by atoms with Crippen molar-refractivity contribution >= 4 is 18.3 Å². The number of benzene rings is 1. The largest absolute Gasteiger partial charge is 0.573 e. The summed E-state index contributed by atoms with van der Waals surface area (Å²) < 4.78 is 41.4. The molecule has 1 aromatic heterocycles. The van der Waals surface area contributed by atoms with Gasteiger partial charge in [-0.05, 0) is 37.5 Å². The topological polar surface area (TPSA) is 67.3 Å². The first-order valence-corrected chi connectivity index (χ1v) is 8.98. The minimum absolute atomic E-state index is 0. The molecule has 4 rings (SSSR count). The predicted molar refractivity (Wildman–Crippen MR) is 101 cm³/mol. The Balaban J connectivity index is 0.00000240. The molecule has 3 heterocycles. The summed E-state index contributed by atoms with van der Waals surface area (Å²) in [6, 6.07) is 7.13. The summed E-state index contributed by atoms with van der Waals surface area (Å²) in [7, 11) is 1.79. The van der Waals surface area contributed by atoms with E-state index in [2.05, 4.69) is 20.0 Å². The van der Waals surface area contributed by atoms with Gasteiger partial charge in [0.25, 0.3) is 0 Å². The number of aromatic nitrogens is 2. The van der Waals surface area contributed by atoms with Gasteiger partial charge in [0.15, 0.2) is 0 Å². The fourth-order valence-corrected chi connectivity index (χ4v) is 3.92. The second-order valence-electron chi connectivity index (χ2n) is 7.17. The van der Waals surface area contributed by atoms with Gasteiger partial charge in [0.1, 0.15) is 17.1 Å². The number of nitrogens with one attached hydrogen (secondary N) is 1. The highest BCUT2D eigenvalue weighted by Crippen LogP contribution is 2.38. The fraction of sp³-hybridized carbons (Fsp3) is 0.421. The second-order valence-corrected chi connectivity index (χ2v) is 7.17. The van der Waals surface area contributed by atoms with E-state index in [1.807, 2.05) is 0 Å². The highest BCUT2D eigenvalue weighted by molar-refractivity contribution is 5.88. The maximum absolute atomic E-state index is 12.5. The number of amides is 1. The number of ether oxygens (including phenoxy) is 1. The zero-order chi connectivity index (χ0) is 19.9. The van der Waals surface area contributed by atoms with Crippen LogP contribution in [0.1, 0.15) is 31.1 Å². The van der Waals surface area contributed by atoms with Crippen molar-refractivity contribution in [2.24, 2.45) is 0 Å². The Bertz CT molecular complexity index is 911. The smallest absolute Gasteiger partial charge is 0.406 e. The Kier molecular flexibility index (Phi) is 5.73. The molecular weight excluding hydrogens is 409 g/mol. The van der Waals surface area contributed by atoms with Gasteiger partial charge in [-0.25, -0.2) is 9.97 Å². The highest BCUT2D eigenvalue weighted by atomic mass is 35.5. The normalized spacial score (nSPS) is 24.1. The van der Waals surface area contributed by atoms with E-state index in [0.29, 0.717) is 30.0 Å². The monoisotopic (exact) mass is 428 g/mol. The van der Waals surface area contributed by atoms with E-state index < -0.39 is 11.9 Å². The Morgan fingerprint density at radius 1 is 1.28 bits per heavy atom. The molecule has 6 nitrogen and oxygen atoms in total. The van der Waals surface area contributed by atoms with Crippen LogP contribution < -0.4 is 10.1 Å². The Labute approximate surface area is 171 Å². The van der Waals surface area contributed by atoms with Crippen LogP contribution in [0.25, 0.3) is 11.3 Å². The number of likely N-dealkylation sites (tertiary alicyclic amines) is 1. The second kappa shape index (κ2) is 7.79. The number of hydrogen-bond donors (Lipinski definition) is 1. The van der Waals surface area contributed by atoms with Crippen LogP contribution in [0.5, 0.6) is 5.75 Å². The van der Waals surface area contributed by atoms with E-state index >= 15 is 0 Å². The van der Waals surface area contributed by atoms with Crippen molar-refractivity contribution in [2.45, 2.75) is 37.2 Å². The van der Waals surface area contributed by atoms with Gasteiger partial charge in [-0.2, -0.15) is 0 Å². The summed E-state index contributed by atoms with van der Waals surface area (Å²) in [5.41, 5.74) is 0.434. The SMILES string of the molecule is CN1CC[C@@]2(CC[C@@H](c3nccc(-c4cccc(OC(F)(F)F)c4)n3)N2)C1=O.Cl. The van der Waals surface area contributed by atoms with Crippen LogP contribution in [0.2, 0.25) is 0 Å². The average Bonchev–Trinajstić information content (AvgIpc) is 3.21. The third kappa shape index (κ3) is 4.30. The van der Waals surface area contributed by atoms with Crippen molar-refractivity contribution < 1.29 is 22.7 Å². The molecule has 1 aromatic carbocycles. The van der Waals surface area contributed by atoms with Crippen molar-refractivity contribution in [1.29, 1.82) is 0 Å². The van der Waals surface area contributed by atoms with Crippen LogP contribution in [0.4, 0.5) is 13.2 Å². The zero-order valence-electron chi connectivity index (χ0n) is 15.6. The van der Waals surface area contributed by atoms with Crippen LogP contribution in [0.3, 0.4) is 0 Å². The van der Waals surface area contributed by atoms with Gasteiger partial charge in [-0.3, -0.25) is 10.1 Å². The molecule has 2 aliphatic rings. The van der Waals surface area contributed by atoms with Crippen molar-refractivity contribution in [3.05, 3.63) is 42.4 Å². The maximum atomic E-state index is 12.5. The van der Waals surface area contributed by atoms with Crippen molar-refractivity contribution in [1.82, 2.24) is 20.2 Å². The Morgan fingerprint density at radius 2 is 2.07 bits per heavy atom. The van der Waals surface area contributed by atoms with E-state index in [1.165, 1.54) is 18.2 Å². The molecule has 2 aromatic rings. The van der Waals surface area contributed by atoms with E-state index in [4.69, 9.17) is 0 Å². The summed E-state index contributed by atoms with van der Waals surface area (Å²) in [5, 5.41) is 3.39. The lowest BCUT2D eigenvalue weighted by molar-refractivity contribution is -0.274. The molecule has 2 aliphatic heterocycles. The molecule has 0 aliphatic carbocycles. The van der Waals surface area contributed by atoms with E-state index in [-0.39, 0.29) is 30.1 Å². The van der Waals surface area contributed by atoms with Crippen molar-refractivity contribution in [3.63, 3.8) is 0 Å². The molecule has 29 heavy (non-hydrogen) atoms. The van der Waals surface area contributed by atoms with E-state index in [0.717, 1.165) is 12.8 Å². The van der Waals surface area contributed by atoms with Gasteiger partial charge >= 0.3 is 6.36 Å². The lowest BCUT2D eigenvalue weighted by Gasteiger charge is -2.23. The van der Waals surface area contributed by atoms with Crippen LogP contribution in [0, 0.1) is 0 Å². The lowest BCUT2D eigenvalue weighted by atomic mass is 9.96. The molecule has 0 radical (unpaired) electrons. The number of nitrogens with zero attached hydrogens (tertiary/aromatic N) is 3. The summed E-state index contributed by atoms with van der Waals surface area (Å²) in [6.07, 6.45) is -0.998. The molecule has 2 saturated heterocycles. The number of hydrogen-bond acceptors (Lipinski definition) is 5. The summed E-state index contributed by atoms with van der Waals surface area (Å²) in [6.45, 7) is 0.714. The predicted octanol–water partition coefficient (Wildman–Crippen LogP) is 3.49. The number of rotatable bonds is 3. The molecule has 1 N–H and O–H groups in total. The molecule has 1 amide bonds. The van der Waals surface area contributed by atoms with Crippen molar-refractivity contribution in [3.8, 4) is 17.0 Å². The number of carbonyl (C=O) groups excluding carboxylic acids is 1. The molecule has 0 bridgehead atoms. The van der Waals surface area contributed by atoms with Gasteiger partial charge in [0, 0.05) is 25.4 Å². The molecule has 156 valence electrons. The first-order chi connectivity index (χ1) is 13.3. The van der Waals surface area contributed by atoms with Gasteiger partial charge < -0.3 is 9.64 Å². The summed E-state index contributed by atoms with van der Waals surface area (Å²) >= 11 is 0. The lowest BCUT2D eigenvalue weighted by Crippen LogP contribution is -2.47. The van der Waals surface area contributed by atoms with Crippen LogP contribution in [0.15, 0.2) is 36.5 Å². The van der Waals surface area contributed by atoms with Gasteiger partial charge in [0.05, 0.1) is 11.7 Å². The Morgan fingerprint density at radius 3 is 2.76 bits per heavy atom. The minimum Gasteiger partial charge on any atom is -0.406 e. The Hall–Kier alpha value is -2.39. The molecule has 10 heteroatoms. The third-order valence-electron chi connectivity index (χ3n) is 5.29. The molecule has 2 atom stereocenters. The van der Waals surface area contributed by atoms with Gasteiger partial charge in [-0.15, -0.1) is 25.6 Å².